The Labute approximate surface area is 104 Å². The Morgan fingerprint density at radius 1 is 1.18 bits per heavy atom. The molecule has 0 atom stereocenters. The lowest BCUT2D eigenvalue weighted by molar-refractivity contribution is 0.468. The van der Waals surface area contributed by atoms with Crippen LogP contribution in [-0.4, -0.2) is 29.9 Å². The van der Waals surface area contributed by atoms with Crippen molar-refractivity contribution < 1.29 is 5.11 Å². The number of aliphatic imine (C=N–C) groups is 1. The first kappa shape index (κ1) is 13.6. The normalized spacial score (nSPS) is 11.1. The van der Waals surface area contributed by atoms with Gasteiger partial charge < -0.3 is 10.0 Å². The Hall–Kier alpha value is -1.51. The number of benzene rings is 1. The zero-order valence-electron chi connectivity index (χ0n) is 11.2. The summed E-state index contributed by atoms with van der Waals surface area (Å²) in [6.45, 7) is 7.13. The maximum atomic E-state index is 9.81. The second-order valence-corrected chi connectivity index (χ2v) is 4.13. The van der Waals surface area contributed by atoms with Crippen molar-refractivity contribution in [3.63, 3.8) is 0 Å². The highest BCUT2D eigenvalue weighted by atomic mass is 16.3. The van der Waals surface area contributed by atoms with Crippen LogP contribution < -0.4 is 0 Å². The molecule has 0 aliphatic rings. The van der Waals surface area contributed by atoms with Crippen LogP contribution in [0.2, 0.25) is 0 Å². The van der Waals surface area contributed by atoms with Crippen molar-refractivity contribution in [2.24, 2.45) is 4.99 Å². The first-order chi connectivity index (χ1) is 8.12. The first-order valence-corrected chi connectivity index (χ1v) is 6.21. The topological polar surface area (TPSA) is 35.8 Å². The minimum atomic E-state index is 0.382. The van der Waals surface area contributed by atoms with Crippen LogP contribution in [0, 0.1) is 0 Å². The summed E-state index contributed by atoms with van der Waals surface area (Å²) in [4.78, 5) is 6.51. The van der Waals surface area contributed by atoms with Crippen LogP contribution in [0.15, 0.2) is 17.1 Å². The fraction of sp³-hybridized carbons (Fsp3) is 0.500. The van der Waals surface area contributed by atoms with Crippen LogP contribution in [0.25, 0.3) is 0 Å². The second kappa shape index (κ2) is 6.28. The summed E-state index contributed by atoms with van der Waals surface area (Å²) in [5.41, 5.74) is 3.00. The molecule has 0 aliphatic carbocycles. The van der Waals surface area contributed by atoms with E-state index < -0.39 is 0 Å². The van der Waals surface area contributed by atoms with E-state index in [2.05, 4.69) is 18.8 Å². The highest BCUT2D eigenvalue weighted by Gasteiger charge is 2.06. The molecule has 1 aromatic carbocycles. The molecule has 0 spiro atoms. The van der Waals surface area contributed by atoms with Gasteiger partial charge in [-0.3, -0.25) is 0 Å². The number of nitrogens with zero attached hydrogens (tertiary/aromatic N) is 2. The number of rotatable bonds is 5. The van der Waals surface area contributed by atoms with Gasteiger partial charge in [0.2, 0.25) is 0 Å². The SMILES string of the molecule is CCc1cc(N=CN(C)CC)c(CC)cc1O. The van der Waals surface area contributed by atoms with Crippen molar-refractivity contribution in [3.8, 4) is 5.75 Å². The van der Waals surface area contributed by atoms with E-state index in [1.54, 1.807) is 0 Å². The van der Waals surface area contributed by atoms with Gasteiger partial charge in [-0.05, 0) is 43.0 Å². The Morgan fingerprint density at radius 3 is 2.35 bits per heavy atom. The van der Waals surface area contributed by atoms with Crippen LogP contribution in [0.1, 0.15) is 31.9 Å². The highest BCUT2D eigenvalue weighted by Crippen LogP contribution is 2.29. The Kier molecular flexibility index (Phi) is 5.01. The van der Waals surface area contributed by atoms with E-state index in [0.29, 0.717) is 5.75 Å². The molecule has 1 rings (SSSR count). The summed E-state index contributed by atoms with van der Waals surface area (Å²) in [6.07, 6.45) is 3.53. The molecular formula is C14H22N2O. The van der Waals surface area contributed by atoms with Gasteiger partial charge in [-0.1, -0.05) is 13.8 Å². The molecule has 0 aliphatic heterocycles. The molecule has 1 aromatic rings. The molecule has 1 N–H and O–H groups in total. The maximum absolute atomic E-state index is 9.81. The summed E-state index contributed by atoms with van der Waals surface area (Å²) in [5.74, 6) is 0.382. The lowest BCUT2D eigenvalue weighted by Gasteiger charge is -2.11. The molecule has 3 heteroatoms. The van der Waals surface area contributed by atoms with E-state index in [0.717, 1.165) is 36.2 Å². The predicted octanol–water partition coefficient (Wildman–Crippen LogP) is 3.13. The largest absolute Gasteiger partial charge is 0.508 e. The van der Waals surface area contributed by atoms with E-state index in [9.17, 15) is 5.11 Å². The van der Waals surface area contributed by atoms with E-state index in [4.69, 9.17) is 0 Å². The zero-order chi connectivity index (χ0) is 12.8. The number of hydrogen-bond acceptors (Lipinski definition) is 2. The fourth-order valence-electron chi connectivity index (χ4n) is 1.59. The molecule has 0 amide bonds. The van der Waals surface area contributed by atoms with Crippen LogP contribution in [0.5, 0.6) is 5.75 Å². The molecule has 0 heterocycles. The van der Waals surface area contributed by atoms with Crippen molar-refractivity contribution in [1.82, 2.24) is 4.90 Å². The summed E-state index contributed by atoms with van der Waals surface area (Å²) in [6, 6.07) is 3.81. The Morgan fingerprint density at radius 2 is 1.82 bits per heavy atom. The van der Waals surface area contributed by atoms with Gasteiger partial charge in [-0.25, -0.2) is 4.99 Å². The third-order valence-corrected chi connectivity index (χ3v) is 2.93. The van der Waals surface area contributed by atoms with Crippen molar-refractivity contribution in [2.45, 2.75) is 33.6 Å². The Balaban J connectivity index is 3.08. The smallest absolute Gasteiger partial charge is 0.119 e. The summed E-state index contributed by atoms with van der Waals surface area (Å²) in [5, 5.41) is 9.81. The van der Waals surface area contributed by atoms with Gasteiger partial charge in [0.05, 0.1) is 12.0 Å². The molecule has 0 aromatic heterocycles. The molecule has 0 radical (unpaired) electrons. The number of phenolic OH excluding ortho intramolecular Hbond substituents is 1. The lowest BCUT2D eigenvalue weighted by atomic mass is 10.0. The molecule has 17 heavy (non-hydrogen) atoms. The molecule has 0 fully saturated rings. The predicted molar refractivity (Wildman–Crippen MR) is 73.3 cm³/mol. The van der Waals surface area contributed by atoms with Crippen molar-refractivity contribution >= 4 is 12.0 Å². The third-order valence-electron chi connectivity index (χ3n) is 2.93. The van der Waals surface area contributed by atoms with Crippen LogP contribution in [0.4, 0.5) is 5.69 Å². The maximum Gasteiger partial charge on any atom is 0.119 e. The van der Waals surface area contributed by atoms with Gasteiger partial charge in [0.1, 0.15) is 5.75 Å². The summed E-state index contributed by atoms with van der Waals surface area (Å²) >= 11 is 0. The third kappa shape index (κ3) is 3.48. The summed E-state index contributed by atoms with van der Waals surface area (Å²) in [7, 11) is 2.00. The van der Waals surface area contributed by atoms with Gasteiger partial charge >= 0.3 is 0 Å². The van der Waals surface area contributed by atoms with Gasteiger partial charge in [-0.2, -0.15) is 0 Å². The molecule has 3 nitrogen and oxygen atoms in total. The molecule has 0 saturated heterocycles. The average Bonchev–Trinajstić information content (AvgIpc) is 2.36. The van der Waals surface area contributed by atoms with Gasteiger partial charge in [0, 0.05) is 13.6 Å². The van der Waals surface area contributed by atoms with Gasteiger partial charge in [-0.15, -0.1) is 0 Å². The van der Waals surface area contributed by atoms with Crippen LogP contribution in [-0.2, 0) is 12.8 Å². The monoisotopic (exact) mass is 234 g/mol. The number of aromatic hydroxyl groups is 1. The Bertz CT molecular complexity index is 399. The van der Waals surface area contributed by atoms with E-state index in [1.807, 2.05) is 37.3 Å². The number of hydrogen-bond donors (Lipinski definition) is 1. The molecule has 94 valence electrons. The standard InChI is InChI=1S/C14H22N2O/c1-5-11-9-14(17)12(6-2)8-13(11)15-10-16(4)7-3/h8-10,17H,5-7H2,1-4H3. The molecule has 0 bridgehead atoms. The van der Waals surface area contributed by atoms with E-state index >= 15 is 0 Å². The first-order valence-electron chi connectivity index (χ1n) is 6.21. The average molecular weight is 234 g/mol. The van der Waals surface area contributed by atoms with Gasteiger partial charge in [0.15, 0.2) is 0 Å². The van der Waals surface area contributed by atoms with Crippen molar-refractivity contribution in [2.75, 3.05) is 13.6 Å². The lowest BCUT2D eigenvalue weighted by Crippen LogP contribution is -2.14. The second-order valence-electron chi connectivity index (χ2n) is 4.13. The van der Waals surface area contributed by atoms with Crippen molar-refractivity contribution in [1.29, 1.82) is 0 Å². The van der Waals surface area contributed by atoms with Crippen molar-refractivity contribution in [3.05, 3.63) is 23.3 Å². The molecular weight excluding hydrogens is 212 g/mol. The van der Waals surface area contributed by atoms with Gasteiger partial charge in [0.25, 0.3) is 0 Å². The van der Waals surface area contributed by atoms with E-state index in [1.165, 1.54) is 0 Å². The molecule has 0 saturated carbocycles. The molecule has 0 unspecified atom stereocenters. The summed E-state index contributed by atoms with van der Waals surface area (Å²) < 4.78 is 0. The minimum Gasteiger partial charge on any atom is -0.508 e. The van der Waals surface area contributed by atoms with Crippen LogP contribution in [0.3, 0.4) is 0 Å². The minimum absolute atomic E-state index is 0.382. The van der Waals surface area contributed by atoms with Crippen LogP contribution >= 0.6 is 0 Å². The zero-order valence-corrected chi connectivity index (χ0v) is 11.2. The fourth-order valence-corrected chi connectivity index (χ4v) is 1.59. The van der Waals surface area contributed by atoms with E-state index in [-0.39, 0.29) is 0 Å². The number of aryl methyl sites for hydroxylation is 2. The highest BCUT2D eigenvalue weighted by molar-refractivity contribution is 5.64. The quantitative estimate of drug-likeness (QED) is 0.627. The number of phenols is 1.